The number of amides is 2. The second kappa shape index (κ2) is 11.2. The number of benzene rings is 4. The zero-order chi connectivity index (χ0) is 25.5. The third kappa shape index (κ3) is 6.38. The van der Waals surface area contributed by atoms with Crippen molar-refractivity contribution in [2.45, 2.75) is 12.8 Å². The number of hydrogen-bond donors (Lipinski definition) is 2. The number of pyridine rings is 1. The molecule has 0 fully saturated rings. The third-order valence-corrected chi connectivity index (χ3v) is 5.85. The first-order valence-electron chi connectivity index (χ1n) is 12.0. The van der Waals surface area contributed by atoms with Crippen molar-refractivity contribution in [2.75, 3.05) is 10.6 Å². The molecule has 0 radical (unpaired) electrons. The Morgan fingerprint density at radius 3 is 2.32 bits per heavy atom. The van der Waals surface area contributed by atoms with Crippen LogP contribution < -0.4 is 15.4 Å². The standard InChI is InChI=1S/C31H25N3O3/c35-30(33-27-15-14-25-21-32-18-17-24(25)19-27)16-11-22-9-12-23(13-10-22)31(36)34-26-5-4-8-29(20-26)37-28-6-2-1-3-7-28/h1-10,12-15,17-21H,11,16H2,(H,33,35)(H,34,36). The Hall–Kier alpha value is -4.97. The number of aryl methyl sites for hydroxylation is 1. The number of para-hydroxylation sites is 1. The van der Waals surface area contributed by atoms with Gasteiger partial charge in [-0.25, -0.2) is 0 Å². The molecule has 0 spiro atoms. The summed E-state index contributed by atoms with van der Waals surface area (Å²) in [7, 11) is 0. The Kier molecular flexibility index (Phi) is 7.18. The van der Waals surface area contributed by atoms with Crippen molar-refractivity contribution in [1.29, 1.82) is 0 Å². The van der Waals surface area contributed by atoms with E-state index in [1.807, 2.05) is 84.9 Å². The van der Waals surface area contributed by atoms with Crippen LogP contribution in [-0.4, -0.2) is 16.8 Å². The molecule has 0 aliphatic heterocycles. The minimum absolute atomic E-state index is 0.0622. The van der Waals surface area contributed by atoms with Crippen LogP contribution in [0.5, 0.6) is 11.5 Å². The summed E-state index contributed by atoms with van der Waals surface area (Å²) in [6, 6.07) is 31.7. The summed E-state index contributed by atoms with van der Waals surface area (Å²) in [5.41, 5.74) is 2.92. The molecule has 37 heavy (non-hydrogen) atoms. The number of carbonyl (C=O) groups excluding carboxylic acids is 2. The Balaban J connectivity index is 1.13. The normalized spacial score (nSPS) is 10.6. The molecule has 5 aromatic rings. The van der Waals surface area contributed by atoms with Gasteiger partial charge in [0.1, 0.15) is 11.5 Å². The van der Waals surface area contributed by atoms with Crippen LogP contribution >= 0.6 is 0 Å². The van der Waals surface area contributed by atoms with E-state index in [0.29, 0.717) is 29.8 Å². The van der Waals surface area contributed by atoms with Crippen molar-refractivity contribution >= 4 is 34.0 Å². The Morgan fingerprint density at radius 2 is 1.49 bits per heavy atom. The first-order chi connectivity index (χ1) is 18.1. The van der Waals surface area contributed by atoms with Gasteiger partial charge in [-0.15, -0.1) is 0 Å². The van der Waals surface area contributed by atoms with Gasteiger partial charge in [0.2, 0.25) is 5.91 Å². The molecule has 0 atom stereocenters. The average molecular weight is 488 g/mol. The van der Waals surface area contributed by atoms with Crippen LogP contribution in [0.15, 0.2) is 116 Å². The molecule has 0 saturated heterocycles. The fourth-order valence-electron chi connectivity index (χ4n) is 3.93. The lowest BCUT2D eigenvalue weighted by Gasteiger charge is -2.10. The summed E-state index contributed by atoms with van der Waals surface area (Å²) in [6.45, 7) is 0. The van der Waals surface area contributed by atoms with E-state index in [-0.39, 0.29) is 11.8 Å². The van der Waals surface area contributed by atoms with Crippen LogP contribution in [0.1, 0.15) is 22.3 Å². The van der Waals surface area contributed by atoms with Crippen molar-refractivity contribution in [1.82, 2.24) is 4.98 Å². The molecule has 0 aliphatic rings. The molecule has 1 heterocycles. The molecule has 0 aliphatic carbocycles. The highest BCUT2D eigenvalue weighted by atomic mass is 16.5. The number of aromatic nitrogens is 1. The van der Waals surface area contributed by atoms with Crippen molar-refractivity contribution < 1.29 is 14.3 Å². The van der Waals surface area contributed by atoms with E-state index in [1.165, 1.54) is 0 Å². The first-order valence-corrected chi connectivity index (χ1v) is 12.0. The number of fused-ring (bicyclic) bond motifs is 1. The smallest absolute Gasteiger partial charge is 0.255 e. The van der Waals surface area contributed by atoms with Gasteiger partial charge >= 0.3 is 0 Å². The third-order valence-electron chi connectivity index (χ3n) is 5.85. The summed E-state index contributed by atoms with van der Waals surface area (Å²) < 4.78 is 5.84. The lowest BCUT2D eigenvalue weighted by atomic mass is 10.1. The number of anilines is 2. The lowest BCUT2D eigenvalue weighted by Crippen LogP contribution is -2.13. The Morgan fingerprint density at radius 1 is 0.703 bits per heavy atom. The molecule has 6 heteroatoms. The van der Waals surface area contributed by atoms with E-state index >= 15 is 0 Å². The zero-order valence-electron chi connectivity index (χ0n) is 20.1. The quantitative estimate of drug-likeness (QED) is 0.251. The maximum Gasteiger partial charge on any atom is 0.255 e. The van der Waals surface area contributed by atoms with Gasteiger partial charge in [0.05, 0.1) is 0 Å². The number of rotatable bonds is 8. The molecule has 1 aromatic heterocycles. The highest BCUT2D eigenvalue weighted by Gasteiger charge is 2.09. The summed E-state index contributed by atoms with van der Waals surface area (Å²) in [4.78, 5) is 29.3. The van der Waals surface area contributed by atoms with Gasteiger partial charge in [0, 0.05) is 47.2 Å². The van der Waals surface area contributed by atoms with Gasteiger partial charge in [-0.1, -0.05) is 42.5 Å². The van der Waals surface area contributed by atoms with Gasteiger partial charge in [0.15, 0.2) is 0 Å². The van der Waals surface area contributed by atoms with E-state index in [4.69, 9.17) is 4.74 Å². The van der Waals surface area contributed by atoms with E-state index in [2.05, 4.69) is 15.6 Å². The summed E-state index contributed by atoms with van der Waals surface area (Å²) in [6.07, 6.45) is 4.44. The van der Waals surface area contributed by atoms with E-state index in [0.717, 1.165) is 27.8 Å². The van der Waals surface area contributed by atoms with Crippen molar-refractivity contribution in [3.05, 3.63) is 127 Å². The molecule has 0 unspecified atom stereocenters. The predicted molar refractivity (Wildman–Crippen MR) is 146 cm³/mol. The number of ether oxygens (including phenoxy) is 1. The summed E-state index contributed by atoms with van der Waals surface area (Å²) in [5.74, 6) is 1.09. The lowest BCUT2D eigenvalue weighted by molar-refractivity contribution is -0.116. The monoisotopic (exact) mass is 487 g/mol. The predicted octanol–water partition coefficient (Wildman–Crippen LogP) is 6.85. The van der Waals surface area contributed by atoms with Crippen molar-refractivity contribution in [2.24, 2.45) is 0 Å². The Labute approximate surface area is 215 Å². The van der Waals surface area contributed by atoms with Gasteiger partial charge in [-0.3, -0.25) is 14.6 Å². The molecule has 4 aromatic carbocycles. The topological polar surface area (TPSA) is 80.3 Å². The molecular weight excluding hydrogens is 462 g/mol. The van der Waals surface area contributed by atoms with Gasteiger partial charge in [-0.2, -0.15) is 0 Å². The van der Waals surface area contributed by atoms with Crippen LogP contribution in [0.25, 0.3) is 10.8 Å². The van der Waals surface area contributed by atoms with Crippen LogP contribution in [0, 0.1) is 0 Å². The van der Waals surface area contributed by atoms with Crippen LogP contribution in [0.3, 0.4) is 0 Å². The number of nitrogens with one attached hydrogen (secondary N) is 2. The maximum atomic E-state index is 12.7. The van der Waals surface area contributed by atoms with Gasteiger partial charge in [-0.05, 0) is 72.0 Å². The summed E-state index contributed by atoms with van der Waals surface area (Å²) >= 11 is 0. The molecule has 2 amide bonds. The maximum absolute atomic E-state index is 12.7. The summed E-state index contributed by atoms with van der Waals surface area (Å²) in [5, 5.41) is 7.91. The second-order valence-corrected chi connectivity index (χ2v) is 8.58. The fraction of sp³-hybridized carbons (Fsp3) is 0.0645. The molecular formula is C31H25N3O3. The molecule has 5 rings (SSSR count). The average Bonchev–Trinajstić information content (AvgIpc) is 2.93. The number of hydrogen-bond acceptors (Lipinski definition) is 4. The SMILES string of the molecule is O=C(CCc1ccc(C(=O)Nc2cccc(Oc3ccccc3)c2)cc1)Nc1ccc2cnccc2c1. The Bertz CT molecular complexity index is 1530. The number of carbonyl (C=O) groups is 2. The molecule has 6 nitrogen and oxygen atoms in total. The van der Waals surface area contributed by atoms with Gasteiger partial charge in [0.25, 0.3) is 5.91 Å². The zero-order valence-corrected chi connectivity index (χ0v) is 20.1. The first kappa shape index (κ1) is 23.8. The van der Waals surface area contributed by atoms with Crippen LogP contribution in [-0.2, 0) is 11.2 Å². The van der Waals surface area contributed by atoms with Crippen molar-refractivity contribution in [3.63, 3.8) is 0 Å². The van der Waals surface area contributed by atoms with E-state index in [1.54, 1.807) is 30.6 Å². The minimum Gasteiger partial charge on any atom is -0.457 e. The fourth-order valence-corrected chi connectivity index (χ4v) is 3.93. The molecule has 182 valence electrons. The van der Waals surface area contributed by atoms with Crippen LogP contribution in [0.4, 0.5) is 11.4 Å². The minimum atomic E-state index is -0.215. The molecule has 0 saturated carbocycles. The molecule has 0 bridgehead atoms. The number of nitrogens with zero attached hydrogens (tertiary/aromatic N) is 1. The van der Waals surface area contributed by atoms with E-state index in [9.17, 15) is 9.59 Å². The highest BCUT2D eigenvalue weighted by molar-refractivity contribution is 6.04. The van der Waals surface area contributed by atoms with E-state index < -0.39 is 0 Å². The van der Waals surface area contributed by atoms with Crippen molar-refractivity contribution in [3.8, 4) is 11.5 Å². The van der Waals surface area contributed by atoms with Crippen LogP contribution in [0.2, 0.25) is 0 Å². The second-order valence-electron chi connectivity index (χ2n) is 8.58. The largest absolute Gasteiger partial charge is 0.457 e. The highest BCUT2D eigenvalue weighted by Crippen LogP contribution is 2.24. The molecule has 2 N–H and O–H groups in total. The van der Waals surface area contributed by atoms with Gasteiger partial charge < -0.3 is 15.4 Å².